The zero-order valence-corrected chi connectivity index (χ0v) is 6.02. The van der Waals surface area contributed by atoms with Crippen LogP contribution in [-0.2, 0) is 4.79 Å². The van der Waals surface area contributed by atoms with Crippen molar-refractivity contribution in [3.63, 3.8) is 0 Å². The highest BCUT2D eigenvalue weighted by atomic mass is 32.2. The van der Waals surface area contributed by atoms with Crippen LogP contribution >= 0.6 is 11.8 Å². The molecule has 52 valence electrons. The molecule has 0 aromatic rings. The molecule has 0 aromatic carbocycles. The van der Waals surface area contributed by atoms with Crippen LogP contribution in [0.25, 0.3) is 0 Å². The lowest BCUT2D eigenvalue weighted by atomic mass is 10.3. The third kappa shape index (κ3) is 1.37. The van der Waals surface area contributed by atoms with Gasteiger partial charge < -0.3 is 5.11 Å². The first kappa shape index (κ1) is 6.89. The number of carbonyl (C=O) groups is 1. The summed E-state index contributed by atoms with van der Waals surface area (Å²) < 4.78 is 0. The maximum atomic E-state index is 10.4. The molecule has 0 aromatic heterocycles. The van der Waals surface area contributed by atoms with Gasteiger partial charge in [-0.2, -0.15) is 0 Å². The molecular formula is C5H9NO2S. The molecule has 0 saturated carbocycles. The largest absolute Gasteiger partial charge is 0.480 e. The summed E-state index contributed by atoms with van der Waals surface area (Å²) in [6, 6.07) is -0.255. The van der Waals surface area contributed by atoms with Gasteiger partial charge in [0.05, 0.1) is 0 Å². The molecule has 9 heavy (non-hydrogen) atoms. The summed E-state index contributed by atoms with van der Waals surface area (Å²) in [6.07, 6.45) is 0. The van der Waals surface area contributed by atoms with Crippen LogP contribution in [0.5, 0.6) is 0 Å². The minimum atomic E-state index is -0.706. The quantitative estimate of drug-likeness (QED) is 0.570. The molecule has 1 fully saturated rings. The average molecular weight is 147 g/mol. The highest BCUT2D eigenvalue weighted by Gasteiger charge is 2.27. The maximum absolute atomic E-state index is 10.4. The summed E-state index contributed by atoms with van der Waals surface area (Å²) in [5, 5.41) is 8.53. The molecule has 0 unspecified atom stereocenters. The molecule has 3 nitrogen and oxygen atoms in total. The standard InChI is InChI=1S/C5H9NO2S/c1-6-3-9-2-4(6)5(7)8/h4H,2-3H2,1H3,(H,7,8)/t4-/m1/s1. The highest BCUT2D eigenvalue weighted by Crippen LogP contribution is 2.17. The van der Waals surface area contributed by atoms with Crippen LogP contribution in [0, 0.1) is 0 Å². The first-order chi connectivity index (χ1) is 4.22. The van der Waals surface area contributed by atoms with Gasteiger partial charge in [0.2, 0.25) is 0 Å². The van der Waals surface area contributed by atoms with Gasteiger partial charge in [-0.15, -0.1) is 11.8 Å². The van der Waals surface area contributed by atoms with Crippen LogP contribution in [0.4, 0.5) is 0 Å². The Hall–Kier alpha value is -0.220. The summed E-state index contributed by atoms with van der Waals surface area (Å²) in [5.74, 6) is 0.866. The monoisotopic (exact) mass is 147 g/mol. The van der Waals surface area contributed by atoms with Crippen molar-refractivity contribution >= 4 is 17.7 Å². The molecule has 1 heterocycles. The normalized spacial score (nSPS) is 28.8. The van der Waals surface area contributed by atoms with Crippen molar-refractivity contribution in [1.29, 1.82) is 0 Å². The first-order valence-corrected chi connectivity index (χ1v) is 3.88. The fourth-order valence-corrected chi connectivity index (χ4v) is 1.98. The molecule has 1 aliphatic rings. The van der Waals surface area contributed by atoms with E-state index in [-0.39, 0.29) is 6.04 Å². The smallest absolute Gasteiger partial charge is 0.321 e. The molecule has 1 aliphatic heterocycles. The van der Waals surface area contributed by atoms with Crippen LogP contribution < -0.4 is 0 Å². The second kappa shape index (κ2) is 2.58. The topological polar surface area (TPSA) is 40.5 Å². The van der Waals surface area contributed by atoms with E-state index in [1.54, 1.807) is 11.8 Å². The van der Waals surface area contributed by atoms with Crippen molar-refractivity contribution in [3.05, 3.63) is 0 Å². The Balaban J connectivity index is 2.49. The van der Waals surface area contributed by atoms with Crippen LogP contribution in [0.2, 0.25) is 0 Å². The molecule has 0 spiro atoms. The van der Waals surface area contributed by atoms with Gasteiger partial charge in [-0.25, -0.2) is 0 Å². The minimum absolute atomic E-state index is 0.255. The fraction of sp³-hybridized carbons (Fsp3) is 0.800. The van der Waals surface area contributed by atoms with Gasteiger partial charge in [0.15, 0.2) is 0 Å². The van der Waals surface area contributed by atoms with E-state index in [2.05, 4.69) is 0 Å². The van der Waals surface area contributed by atoms with Gasteiger partial charge in [-0.05, 0) is 7.05 Å². The van der Waals surface area contributed by atoms with Crippen molar-refractivity contribution in [3.8, 4) is 0 Å². The van der Waals surface area contributed by atoms with E-state index >= 15 is 0 Å². The fourth-order valence-electron chi connectivity index (χ4n) is 0.785. The number of rotatable bonds is 1. The molecule has 1 rings (SSSR count). The second-order valence-electron chi connectivity index (χ2n) is 2.11. The number of thioether (sulfide) groups is 1. The first-order valence-electron chi connectivity index (χ1n) is 2.72. The molecule has 1 atom stereocenters. The average Bonchev–Trinajstić information content (AvgIpc) is 2.13. The second-order valence-corrected chi connectivity index (χ2v) is 3.11. The van der Waals surface area contributed by atoms with Gasteiger partial charge >= 0.3 is 5.97 Å². The van der Waals surface area contributed by atoms with Gasteiger partial charge in [-0.3, -0.25) is 9.69 Å². The number of carboxylic acid groups (broad SMARTS) is 1. The minimum Gasteiger partial charge on any atom is -0.480 e. The molecule has 1 N–H and O–H groups in total. The van der Waals surface area contributed by atoms with Crippen molar-refractivity contribution in [2.75, 3.05) is 18.7 Å². The number of nitrogens with zero attached hydrogens (tertiary/aromatic N) is 1. The SMILES string of the molecule is CN1CSC[C@@H]1C(=O)O. The van der Waals surface area contributed by atoms with Crippen LogP contribution in [0.3, 0.4) is 0 Å². The molecule has 0 radical (unpaired) electrons. The van der Waals surface area contributed by atoms with Gasteiger partial charge in [0.25, 0.3) is 0 Å². The molecular weight excluding hydrogens is 138 g/mol. The Kier molecular flexibility index (Phi) is 1.97. The molecule has 0 amide bonds. The van der Waals surface area contributed by atoms with E-state index in [0.717, 1.165) is 11.6 Å². The molecule has 0 bridgehead atoms. The molecule has 4 heteroatoms. The Morgan fingerprint density at radius 3 is 2.78 bits per heavy atom. The molecule has 1 saturated heterocycles. The van der Waals surface area contributed by atoms with Crippen LogP contribution in [0.1, 0.15) is 0 Å². The van der Waals surface area contributed by atoms with Crippen LogP contribution in [-0.4, -0.2) is 40.7 Å². The zero-order chi connectivity index (χ0) is 6.85. The lowest BCUT2D eigenvalue weighted by Crippen LogP contribution is -2.34. The summed E-state index contributed by atoms with van der Waals surface area (Å²) >= 11 is 1.66. The van der Waals surface area contributed by atoms with E-state index in [9.17, 15) is 4.79 Å². The van der Waals surface area contributed by atoms with E-state index in [1.165, 1.54) is 0 Å². The number of hydrogen-bond donors (Lipinski definition) is 1. The third-order valence-electron chi connectivity index (χ3n) is 1.39. The van der Waals surface area contributed by atoms with Gasteiger partial charge in [0, 0.05) is 11.6 Å². The van der Waals surface area contributed by atoms with Crippen LogP contribution in [0.15, 0.2) is 0 Å². The zero-order valence-electron chi connectivity index (χ0n) is 5.20. The van der Waals surface area contributed by atoms with E-state index in [4.69, 9.17) is 5.11 Å². The highest BCUT2D eigenvalue weighted by molar-refractivity contribution is 7.99. The number of carboxylic acids is 1. The third-order valence-corrected chi connectivity index (χ3v) is 2.53. The van der Waals surface area contributed by atoms with Crippen molar-refractivity contribution in [2.45, 2.75) is 6.04 Å². The van der Waals surface area contributed by atoms with Crippen molar-refractivity contribution < 1.29 is 9.90 Å². The number of aliphatic carboxylic acids is 1. The van der Waals surface area contributed by atoms with E-state index < -0.39 is 5.97 Å². The summed E-state index contributed by atoms with van der Waals surface area (Å²) in [7, 11) is 1.83. The summed E-state index contributed by atoms with van der Waals surface area (Å²) in [5.41, 5.74) is 0. The Morgan fingerprint density at radius 2 is 2.56 bits per heavy atom. The predicted octanol–water partition coefficient (Wildman–Crippen LogP) is 0.0757. The van der Waals surface area contributed by atoms with Crippen molar-refractivity contribution in [2.24, 2.45) is 0 Å². The number of hydrogen-bond acceptors (Lipinski definition) is 3. The summed E-state index contributed by atoms with van der Waals surface area (Å²) in [4.78, 5) is 12.2. The Labute approximate surface area is 58.0 Å². The summed E-state index contributed by atoms with van der Waals surface area (Å²) in [6.45, 7) is 0. The van der Waals surface area contributed by atoms with Crippen molar-refractivity contribution in [1.82, 2.24) is 4.90 Å². The van der Waals surface area contributed by atoms with Gasteiger partial charge in [0.1, 0.15) is 6.04 Å². The molecule has 0 aliphatic carbocycles. The Bertz CT molecular complexity index is 128. The predicted molar refractivity (Wildman–Crippen MR) is 36.5 cm³/mol. The van der Waals surface area contributed by atoms with Gasteiger partial charge in [-0.1, -0.05) is 0 Å². The Morgan fingerprint density at radius 1 is 1.89 bits per heavy atom. The van der Waals surface area contributed by atoms with E-state index in [0.29, 0.717) is 0 Å². The lowest BCUT2D eigenvalue weighted by molar-refractivity contribution is -0.141. The lowest BCUT2D eigenvalue weighted by Gasteiger charge is -2.11. The number of likely N-dealkylation sites (N-methyl/N-ethyl adjacent to an activating group) is 1. The van der Waals surface area contributed by atoms with E-state index in [1.807, 2.05) is 11.9 Å². The maximum Gasteiger partial charge on any atom is 0.321 e.